The fraction of sp³-hybridized carbons (Fsp3) is 0.267. The Morgan fingerprint density at radius 2 is 2.00 bits per heavy atom. The predicted octanol–water partition coefficient (Wildman–Crippen LogP) is 4.07. The van der Waals surface area contributed by atoms with Gasteiger partial charge in [-0.3, -0.25) is 14.6 Å². The van der Waals surface area contributed by atoms with E-state index in [1.807, 2.05) is 6.92 Å². The molecular formula is C15H14ClNO2. The van der Waals surface area contributed by atoms with Gasteiger partial charge in [0.1, 0.15) is 0 Å². The Morgan fingerprint density at radius 1 is 1.26 bits per heavy atom. The molecule has 1 aromatic heterocycles. The average molecular weight is 276 g/mol. The van der Waals surface area contributed by atoms with Gasteiger partial charge in [0, 0.05) is 23.6 Å². The van der Waals surface area contributed by atoms with Gasteiger partial charge in [-0.1, -0.05) is 30.7 Å². The first-order chi connectivity index (χ1) is 9.06. The summed E-state index contributed by atoms with van der Waals surface area (Å²) in [6.45, 7) is 3.43. The van der Waals surface area contributed by atoms with E-state index in [9.17, 15) is 9.59 Å². The minimum Gasteiger partial charge on any atom is -0.294 e. The maximum Gasteiger partial charge on any atom is 0.165 e. The highest BCUT2D eigenvalue weighted by molar-refractivity contribution is 6.38. The van der Waals surface area contributed by atoms with Gasteiger partial charge in [-0.2, -0.15) is 0 Å². The number of para-hydroxylation sites is 1. The number of rotatable bonds is 4. The molecule has 0 radical (unpaired) electrons. The van der Waals surface area contributed by atoms with E-state index < -0.39 is 0 Å². The molecule has 1 heterocycles. The number of hydrogen-bond acceptors (Lipinski definition) is 3. The highest BCUT2D eigenvalue weighted by atomic mass is 35.5. The van der Waals surface area contributed by atoms with Crippen molar-refractivity contribution in [2.75, 3.05) is 0 Å². The van der Waals surface area contributed by atoms with Crippen molar-refractivity contribution in [3.63, 3.8) is 0 Å². The van der Waals surface area contributed by atoms with Crippen LogP contribution in [0.4, 0.5) is 0 Å². The Hall–Kier alpha value is -1.74. The van der Waals surface area contributed by atoms with Gasteiger partial charge in [0.25, 0.3) is 0 Å². The Balaban J connectivity index is 2.66. The monoisotopic (exact) mass is 275 g/mol. The number of hydrogen-bond donors (Lipinski definition) is 0. The molecule has 2 aromatic rings. The molecule has 0 atom stereocenters. The van der Waals surface area contributed by atoms with E-state index >= 15 is 0 Å². The molecule has 0 spiro atoms. The zero-order valence-corrected chi connectivity index (χ0v) is 11.6. The molecule has 0 N–H and O–H groups in total. The van der Waals surface area contributed by atoms with Crippen LogP contribution >= 0.6 is 11.6 Å². The fourth-order valence-corrected chi connectivity index (χ4v) is 2.34. The summed E-state index contributed by atoms with van der Waals surface area (Å²) in [4.78, 5) is 27.7. The molecule has 0 aliphatic carbocycles. The highest BCUT2D eigenvalue weighted by Crippen LogP contribution is 2.28. The predicted molar refractivity (Wildman–Crippen MR) is 76.0 cm³/mol. The first-order valence-electron chi connectivity index (χ1n) is 6.17. The van der Waals surface area contributed by atoms with Gasteiger partial charge in [-0.05, 0) is 19.4 Å². The van der Waals surface area contributed by atoms with Crippen molar-refractivity contribution in [2.45, 2.75) is 26.7 Å². The second-order valence-electron chi connectivity index (χ2n) is 4.42. The quantitative estimate of drug-likeness (QED) is 0.790. The zero-order valence-electron chi connectivity index (χ0n) is 10.9. The topological polar surface area (TPSA) is 47.0 Å². The van der Waals surface area contributed by atoms with Crippen LogP contribution in [-0.2, 0) is 0 Å². The Labute approximate surface area is 116 Å². The number of Topliss-reactive ketones (excluding diaryl/α,β-unsaturated/α-hetero) is 2. The molecule has 98 valence electrons. The molecule has 0 bridgehead atoms. The van der Waals surface area contributed by atoms with E-state index in [2.05, 4.69) is 4.98 Å². The molecule has 0 fully saturated rings. The Kier molecular flexibility index (Phi) is 3.96. The zero-order chi connectivity index (χ0) is 14.0. The van der Waals surface area contributed by atoms with Crippen molar-refractivity contribution in [1.82, 2.24) is 4.98 Å². The Bertz CT molecular complexity index is 664. The van der Waals surface area contributed by atoms with Gasteiger partial charge in [0.15, 0.2) is 11.6 Å². The second-order valence-corrected chi connectivity index (χ2v) is 4.79. The van der Waals surface area contributed by atoms with Gasteiger partial charge >= 0.3 is 0 Å². The SMILES string of the molecule is CCCC(=O)c1cnc2c(C(C)=O)cccc2c1Cl. The molecular weight excluding hydrogens is 262 g/mol. The smallest absolute Gasteiger partial charge is 0.165 e. The number of nitrogens with zero attached hydrogens (tertiary/aromatic N) is 1. The number of aromatic nitrogens is 1. The summed E-state index contributed by atoms with van der Waals surface area (Å²) in [6.07, 6.45) is 2.68. The van der Waals surface area contributed by atoms with Crippen LogP contribution in [0.1, 0.15) is 47.4 Å². The van der Waals surface area contributed by atoms with Crippen molar-refractivity contribution in [1.29, 1.82) is 0 Å². The summed E-state index contributed by atoms with van der Waals surface area (Å²) in [5.74, 6) is -0.0862. The van der Waals surface area contributed by atoms with Crippen molar-refractivity contribution < 1.29 is 9.59 Å². The van der Waals surface area contributed by atoms with Crippen LogP contribution < -0.4 is 0 Å². The number of benzene rings is 1. The lowest BCUT2D eigenvalue weighted by molar-refractivity contribution is 0.0980. The number of fused-ring (bicyclic) bond motifs is 1. The highest BCUT2D eigenvalue weighted by Gasteiger charge is 2.15. The normalized spacial score (nSPS) is 10.7. The first-order valence-corrected chi connectivity index (χ1v) is 6.55. The molecule has 0 amide bonds. The van der Waals surface area contributed by atoms with E-state index in [0.717, 1.165) is 6.42 Å². The third kappa shape index (κ3) is 2.51. The van der Waals surface area contributed by atoms with E-state index in [0.29, 0.717) is 33.5 Å². The van der Waals surface area contributed by atoms with Crippen LogP contribution in [0.2, 0.25) is 5.02 Å². The van der Waals surface area contributed by atoms with Crippen LogP contribution in [0.3, 0.4) is 0 Å². The third-order valence-corrected chi connectivity index (χ3v) is 3.40. The molecule has 0 saturated heterocycles. The standard InChI is InChI=1S/C15H14ClNO2/c1-3-5-13(19)12-8-17-15-10(9(2)18)6-4-7-11(15)14(12)16/h4,6-8H,3,5H2,1-2H3. The number of carbonyl (C=O) groups is 2. The minimum atomic E-state index is -0.0678. The largest absolute Gasteiger partial charge is 0.294 e. The van der Waals surface area contributed by atoms with E-state index in [1.54, 1.807) is 18.2 Å². The summed E-state index contributed by atoms with van der Waals surface area (Å²) < 4.78 is 0. The third-order valence-electron chi connectivity index (χ3n) is 2.99. The molecule has 0 unspecified atom stereocenters. The number of carbonyl (C=O) groups excluding carboxylic acids is 2. The lowest BCUT2D eigenvalue weighted by Gasteiger charge is -2.08. The fourth-order valence-electron chi connectivity index (χ4n) is 2.03. The summed E-state index contributed by atoms with van der Waals surface area (Å²) in [6, 6.07) is 5.24. The van der Waals surface area contributed by atoms with E-state index in [-0.39, 0.29) is 11.6 Å². The lowest BCUT2D eigenvalue weighted by Crippen LogP contribution is -2.03. The average Bonchev–Trinajstić information content (AvgIpc) is 2.38. The molecule has 0 aliphatic heterocycles. The van der Waals surface area contributed by atoms with Crippen molar-refractivity contribution in [3.05, 3.63) is 40.5 Å². The van der Waals surface area contributed by atoms with Crippen LogP contribution in [0, 0.1) is 0 Å². The summed E-state index contributed by atoms with van der Waals surface area (Å²) in [5.41, 5.74) is 1.50. The van der Waals surface area contributed by atoms with Crippen molar-refractivity contribution >= 4 is 34.1 Å². The Morgan fingerprint density at radius 3 is 2.63 bits per heavy atom. The van der Waals surface area contributed by atoms with Gasteiger partial charge in [-0.15, -0.1) is 0 Å². The molecule has 2 rings (SSSR count). The number of pyridine rings is 1. The van der Waals surface area contributed by atoms with Crippen molar-refractivity contribution in [3.8, 4) is 0 Å². The van der Waals surface area contributed by atoms with E-state index in [4.69, 9.17) is 11.6 Å². The van der Waals surface area contributed by atoms with Crippen LogP contribution in [0.25, 0.3) is 10.9 Å². The first kappa shape index (κ1) is 13.7. The number of halogens is 1. The summed E-state index contributed by atoms with van der Waals surface area (Å²) in [7, 11) is 0. The minimum absolute atomic E-state index is 0.0184. The van der Waals surface area contributed by atoms with Crippen molar-refractivity contribution in [2.24, 2.45) is 0 Å². The van der Waals surface area contributed by atoms with Gasteiger partial charge in [0.2, 0.25) is 0 Å². The molecule has 1 aromatic carbocycles. The lowest BCUT2D eigenvalue weighted by atomic mass is 10.0. The summed E-state index contributed by atoms with van der Waals surface area (Å²) >= 11 is 6.28. The van der Waals surface area contributed by atoms with Crippen LogP contribution in [0.15, 0.2) is 24.4 Å². The van der Waals surface area contributed by atoms with Crippen LogP contribution in [-0.4, -0.2) is 16.6 Å². The molecule has 0 saturated carbocycles. The number of ketones is 2. The van der Waals surface area contributed by atoms with Gasteiger partial charge < -0.3 is 0 Å². The maximum absolute atomic E-state index is 11.9. The summed E-state index contributed by atoms with van der Waals surface area (Å²) in [5, 5.41) is 1.03. The molecule has 3 nitrogen and oxygen atoms in total. The van der Waals surface area contributed by atoms with Gasteiger partial charge in [0.05, 0.1) is 16.1 Å². The van der Waals surface area contributed by atoms with Gasteiger partial charge in [-0.25, -0.2) is 0 Å². The second kappa shape index (κ2) is 5.49. The molecule has 4 heteroatoms. The van der Waals surface area contributed by atoms with Crippen LogP contribution in [0.5, 0.6) is 0 Å². The van der Waals surface area contributed by atoms with E-state index in [1.165, 1.54) is 13.1 Å². The molecule has 19 heavy (non-hydrogen) atoms. The molecule has 0 aliphatic rings. The maximum atomic E-state index is 11.9.